The van der Waals surface area contributed by atoms with Crippen LogP contribution in [0.15, 0.2) is 24.5 Å². The zero-order chi connectivity index (χ0) is 25.1. The van der Waals surface area contributed by atoms with Crippen molar-refractivity contribution in [1.29, 1.82) is 0 Å². The molecule has 186 valence electrons. The third-order valence-corrected chi connectivity index (χ3v) is 7.02. The quantitative estimate of drug-likeness (QED) is 0.340. The Morgan fingerprint density at radius 2 is 1.67 bits per heavy atom. The van der Waals surface area contributed by atoms with E-state index >= 15 is 0 Å². The Bertz CT molecular complexity index is 1480. The van der Waals surface area contributed by atoms with E-state index in [9.17, 15) is 13.2 Å². The molecule has 1 aromatic carbocycles. The first kappa shape index (κ1) is 23.0. The third kappa shape index (κ3) is 4.13. The molecule has 3 atom stereocenters. The summed E-state index contributed by atoms with van der Waals surface area (Å²) < 4.78 is 50.9. The monoisotopic (exact) mass is 494 g/mol. The SMILES string of the molecule is Cc1nc2nc([C@H]3C[C@@H](c4cnn(C5CC5)c4)O[C@@H](C)C3)nc(-c3cc(F)c(F)cc3F)c2nc1C. The van der Waals surface area contributed by atoms with Crippen LogP contribution in [0.2, 0.25) is 0 Å². The van der Waals surface area contributed by atoms with Gasteiger partial charge < -0.3 is 4.74 Å². The number of hydrogen-bond donors (Lipinski definition) is 0. The van der Waals surface area contributed by atoms with Gasteiger partial charge in [-0.2, -0.15) is 5.10 Å². The van der Waals surface area contributed by atoms with Gasteiger partial charge in [-0.05, 0) is 52.5 Å². The van der Waals surface area contributed by atoms with Crippen molar-refractivity contribution in [3.63, 3.8) is 0 Å². The summed E-state index contributed by atoms with van der Waals surface area (Å²) in [5.74, 6) is -3.02. The molecular weight excluding hydrogens is 469 g/mol. The van der Waals surface area contributed by atoms with Crippen LogP contribution in [0.1, 0.15) is 73.4 Å². The van der Waals surface area contributed by atoms with Gasteiger partial charge in [0.05, 0.1) is 35.8 Å². The Morgan fingerprint density at radius 1 is 0.917 bits per heavy atom. The molecule has 0 bridgehead atoms. The van der Waals surface area contributed by atoms with Gasteiger partial charge in [-0.15, -0.1) is 0 Å². The third-order valence-electron chi connectivity index (χ3n) is 7.02. The van der Waals surface area contributed by atoms with Gasteiger partial charge in [0.2, 0.25) is 0 Å². The molecule has 7 nitrogen and oxygen atoms in total. The van der Waals surface area contributed by atoms with Crippen LogP contribution in [0.3, 0.4) is 0 Å². The number of hydrogen-bond acceptors (Lipinski definition) is 6. The summed E-state index contributed by atoms with van der Waals surface area (Å²) in [6.07, 6.45) is 7.14. The van der Waals surface area contributed by atoms with Gasteiger partial charge in [0.25, 0.3) is 0 Å². The molecule has 1 saturated heterocycles. The normalized spacial score (nSPS) is 22.3. The number of nitrogens with zero attached hydrogens (tertiary/aromatic N) is 6. The summed E-state index contributed by atoms with van der Waals surface area (Å²) in [5.41, 5.74) is 2.75. The highest BCUT2D eigenvalue weighted by Gasteiger charge is 2.34. The first-order chi connectivity index (χ1) is 17.3. The highest BCUT2D eigenvalue weighted by atomic mass is 19.2. The molecule has 6 rings (SSSR count). The number of fused-ring (bicyclic) bond motifs is 1. The summed E-state index contributed by atoms with van der Waals surface area (Å²) in [7, 11) is 0. The van der Waals surface area contributed by atoms with Gasteiger partial charge in [-0.3, -0.25) is 4.68 Å². The van der Waals surface area contributed by atoms with Crippen molar-refractivity contribution >= 4 is 11.2 Å². The van der Waals surface area contributed by atoms with E-state index in [1.54, 1.807) is 6.92 Å². The maximum absolute atomic E-state index is 14.9. The van der Waals surface area contributed by atoms with Crippen LogP contribution in [0.5, 0.6) is 0 Å². The lowest BCUT2D eigenvalue weighted by atomic mass is 9.89. The van der Waals surface area contributed by atoms with Crippen LogP contribution in [0, 0.1) is 31.3 Å². The predicted octanol–water partition coefficient (Wildman–Crippen LogP) is 5.68. The average Bonchev–Trinajstić information content (AvgIpc) is 3.57. The zero-order valence-electron chi connectivity index (χ0n) is 20.2. The molecule has 0 radical (unpaired) electrons. The van der Waals surface area contributed by atoms with E-state index in [0.717, 1.165) is 24.5 Å². The van der Waals surface area contributed by atoms with E-state index in [0.29, 0.717) is 47.8 Å². The van der Waals surface area contributed by atoms with Crippen molar-refractivity contribution in [3.8, 4) is 11.3 Å². The van der Waals surface area contributed by atoms with E-state index < -0.39 is 17.5 Å². The summed E-state index contributed by atoms with van der Waals surface area (Å²) in [5, 5.41) is 4.49. The molecule has 36 heavy (non-hydrogen) atoms. The Hall–Kier alpha value is -3.40. The molecule has 0 spiro atoms. The molecule has 2 fully saturated rings. The highest BCUT2D eigenvalue weighted by molar-refractivity contribution is 5.87. The first-order valence-electron chi connectivity index (χ1n) is 12.1. The zero-order valence-corrected chi connectivity index (χ0v) is 20.2. The van der Waals surface area contributed by atoms with Gasteiger partial charge in [0.1, 0.15) is 22.9 Å². The fraction of sp³-hybridized carbons (Fsp3) is 0.423. The van der Waals surface area contributed by atoms with Crippen LogP contribution in [-0.2, 0) is 4.74 Å². The van der Waals surface area contributed by atoms with Crippen LogP contribution < -0.4 is 0 Å². The molecule has 3 aromatic heterocycles. The number of aryl methyl sites for hydroxylation is 2. The highest BCUT2D eigenvalue weighted by Crippen LogP contribution is 2.41. The Labute approximate surface area is 205 Å². The maximum atomic E-state index is 14.9. The second kappa shape index (κ2) is 8.62. The number of halogens is 3. The van der Waals surface area contributed by atoms with Gasteiger partial charge >= 0.3 is 0 Å². The fourth-order valence-electron chi connectivity index (χ4n) is 4.83. The van der Waals surface area contributed by atoms with E-state index in [2.05, 4.69) is 20.1 Å². The molecule has 1 aliphatic carbocycles. The summed E-state index contributed by atoms with van der Waals surface area (Å²) >= 11 is 0. The van der Waals surface area contributed by atoms with Crippen molar-refractivity contribution in [1.82, 2.24) is 29.7 Å². The Morgan fingerprint density at radius 3 is 2.44 bits per heavy atom. The van der Waals surface area contributed by atoms with Crippen molar-refractivity contribution in [2.24, 2.45) is 0 Å². The van der Waals surface area contributed by atoms with E-state index in [4.69, 9.17) is 9.72 Å². The van der Waals surface area contributed by atoms with Crippen molar-refractivity contribution in [2.45, 2.75) is 70.6 Å². The number of ether oxygens (including phenoxy) is 1. The number of aromatic nitrogens is 6. The molecule has 0 N–H and O–H groups in total. The lowest BCUT2D eigenvalue weighted by Gasteiger charge is -2.33. The van der Waals surface area contributed by atoms with Gasteiger partial charge in [-0.1, -0.05) is 0 Å². The van der Waals surface area contributed by atoms with Crippen LogP contribution in [0.25, 0.3) is 22.4 Å². The molecule has 1 saturated carbocycles. The van der Waals surface area contributed by atoms with Crippen molar-refractivity contribution < 1.29 is 17.9 Å². The van der Waals surface area contributed by atoms with E-state index in [1.165, 1.54) is 0 Å². The smallest absolute Gasteiger partial charge is 0.182 e. The molecule has 1 aliphatic heterocycles. The van der Waals surface area contributed by atoms with Gasteiger partial charge in [0, 0.05) is 29.3 Å². The molecule has 10 heteroatoms. The molecule has 0 unspecified atom stereocenters. The fourth-order valence-corrected chi connectivity index (χ4v) is 4.83. The minimum Gasteiger partial charge on any atom is -0.370 e. The van der Waals surface area contributed by atoms with Gasteiger partial charge in [0.15, 0.2) is 17.3 Å². The lowest BCUT2D eigenvalue weighted by molar-refractivity contribution is -0.0511. The minimum atomic E-state index is -1.26. The maximum Gasteiger partial charge on any atom is 0.182 e. The predicted molar refractivity (Wildman–Crippen MR) is 126 cm³/mol. The van der Waals surface area contributed by atoms with Crippen molar-refractivity contribution in [2.75, 3.05) is 0 Å². The molecule has 0 amide bonds. The minimum absolute atomic E-state index is 0.0772. The largest absolute Gasteiger partial charge is 0.370 e. The summed E-state index contributed by atoms with van der Waals surface area (Å²) in [6.45, 7) is 5.58. The molecular formula is C26H25F3N6O. The average molecular weight is 495 g/mol. The summed E-state index contributed by atoms with van der Waals surface area (Å²) in [6, 6.07) is 1.81. The number of benzene rings is 1. The molecule has 4 aromatic rings. The molecule has 2 aliphatic rings. The van der Waals surface area contributed by atoms with Gasteiger partial charge in [-0.25, -0.2) is 33.1 Å². The van der Waals surface area contributed by atoms with Crippen molar-refractivity contribution in [3.05, 3.63) is 64.8 Å². The summed E-state index contributed by atoms with van der Waals surface area (Å²) in [4.78, 5) is 18.5. The lowest BCUT2D eigenvalue weighted by Crippen LogP contribution is -2.26. The standard InChI is InChI=1S/C26H25F3N6O/c1-12-6-15(7-22(36-12)16-10-30-35(11-16)17-4-5-17)25-33-23(18-8-20(28)21(29)9-19(18)27)24-26(34-25)32-14(3)13(2)31-24/h8-12,15,17,22H,4-7H2,1-3H3/t12-,15+,22-/m0/s1. The van der Waals surface area contributed by atoms with E-state index in [-0.39, 0.29) is 34.9 Å². The van der Waals surface area contributed by atoms with Crippen LogP contribution in [-0.4, -0.2) is 35.8 Å². The second-order valence-electron chi connectivity index (χ2n) is 9.83. The van der Waals surface area contributed by atoms with Crippen LogP contribution >= 0.6 is 0 Å². The molecule has 4 heterocycles. The topological polar surface area (TPSA) is 78.6 Å². The Balaban J connectivity index is 1.45. The first-order valence-corrected chi connectivity index (χ1v) is 12.1. The Kier molecular flexibility index (Phi) is 5.51. The number of rotatable bonds is 4. The van der Waals surface area contributed by atoms with E-state index in [1.807, 2.05) is 30.9 Å². The van der Waals surface area contributed by atoms with Crippen LogP contribution in [0.4, 0.5) is 13.2 Å². The second-order valence-corrected chi connectivity index (χ2v) is 9.83.